The van der Waals surface area contributed by atoms with Gasteiger partial charge in [-0.25, -0.2) is 0 Å². The molecule has 0 aromatic heterocycles. The SMILES string of the molecule is COc1ccc(CN2C(=S)N(c3ccccc3)C(=O)[C@H]2CC(=O)Nc2ccc(C)cc2C)cc1OC. The van der Waals surface area contributed by atoms with Crippen LogP contribution in [0.1, 0.15) is 23.1 Å². The Kier molecular flexibility index (Phi) is 7.55. The second kappa shape index (κ2) is 10.8. The van der Waals surface area contributed by atoms with E-state index in [-0.39, 0.29) is 18.2 Å². The number of methoxy groups -OCH3 is 2. The summed E-state index contributed by atoms with van der Waals surface area (Å²) in [6.07, 6.45) is -0.0388. The van der Waals surface area contributed by atoms with Crippen LogP contribution in [0.15, 0.2) is 66.7 Å². The summed E-state index contributed by atoms with van der Waals surface area (Å²) < 4.78 is 10.8. The Morgan fingerprint density at radius 1 is 0.972 bits per heavy atom. The van der Waals surface area contributed by atoms with Gasteiger partial charge >= 0.3 is 0 Å². The van der Waals surface area contributed by atoms with E-state index < -0.39 is 6.04 Å². The molecule has 186 valence electrons. The number of nitrogens with zero attached hydrogens (tertiary/aromatic N) is 2. The minimum atomic E-state index is -0.753. The Bertz CT molecular complexity index is 1300. The number of nitrogens with one attached hydrogen (secondary N) is 1. The number of carbonyl (C=O) groups excluding carboxylic acids is 2. The summed E-state index contributed by atoms with van der Waals surface area (Å²) in [5.74, 6) is 0.699. The van der Waals surface area contributed by atoms with Crippen molar-refractivity contribution in [3.8, 4) is 11.5 Å². The highest BCUT2D eigenvalue weighted by atomic mass is 32.1. The summed E-state index contributed by atoms with van der Waals surface area (Å²) in [6.45, 7) is 4.27. The zero-order valence-electron chi connectivity index (χ0n) is 20.8. The van der Waals surface area contributed by atoms with E-state index in [2.05, 4.69) is 5.32 Å². The molecule has 1 fully saturated rings. The number of amides is 2. The van der Waals surface area contributed by atoms with E-state index in [9.17, 15) is 9.59 Å². The van der Waals surface area contributed by atoms with Gasteiger partial charge in [0.15, 0.2) is 16.6 Å². The normalized spacial score (nSPS) is 15.3. The molecule has 3 aromatic carbocycles. The highest BCUT2D eigenvalue weighted by molar-refractivity contribution is 7.80. The van der Waals surface area contributed by atoms with Crippen LogP contribution in [0.25, 0.3) is 0 Å². The third kappa shape index (κ3) is 5.18. The summed E-state index contributed by atoms with van der Waals surface area (Å²) in [5, 5.41) is 3.31. The maximum absolute atomic E-state index is 13.6. The van der Waals surface area contributed by atoms with Crippen molar-refractivity contribution in [2.45, 2.75) is 32.9 Å². The summed E-state index contributed by atoms with van der Waals surface area (Å²) in [4.78, 5) is 30.0. The van der Waals surface area contributed by atoms with E-state index in [1.807, 2.05) is 80.6 Å². The molecule has 1 aliphatic rings. The fourth-order valence-electron chi connectivity index (χ4n) is 4.33. The Hall–Kier alpha value is -3.91. The van der Waals surface area contributed by atoms with Gasteiger partial charge < -0.3 is 19.7 Å². The van der Waals surface area contributed by atoms with Crippen LogP contribution < -0.4 is 19.7 Å². The average Bonchev–Trinajstić information content (AvgIpc) is 3.10. The topological polar surface area (TPSA) is 71.1 Å². The first-order valence-electron chi connectivity index (χ1n) is 11.6. The Labute approximate surface area is 216 Å². The molecule has 3 aromatic rings. The van der Waals surface area contributed by atoms with Gasteiger partial charge in [-0.15, -0.1) is 0 Å². The van der Waals surface area contributed by atoms with Gasteiger partial charge in [0.2, 0.25) is 5.91 Å². The molecule has 36 heavy (non-hydrogen) atoms. The van der Waals surface area contributed by atoms with E-state index in [0.29, 0.717) is 28.8 Å². The van der Waals surface area contributed by atoms with E-state index in [0.717, 1.165) is 22.4 Å². The summed E-state index contributed by atoms with van der Waals surface area (Å²) in [5.41, 5.74) is 4.34. The number of hydrogen-bond acceptors (Lipinski definition) is 5. The number of para-hydroxylation sites is 1. The maximum Gasteiger partial charge on any atom is 0.256 e. The van der Waals surface area contributed by atoms with Crippen LogP contribution in [0.3, 0.4) is 0 Å². The summed E-state index contributed by atoms with van der Waals surface area (Å²) >= 11 is 5.77. The van der Waals surface area contributed by atoms with Gasteiger partial charge in [0.05, 0.1) is 26.3 Å². The largest absolute Gasteiger partial charge is 0.493 e. The maximum atomic E-state index is 13.6. The molecule has 1 aliphatic heterocycles. The van der Waals surface area contributed by atoms with Crippen LogP contribution in [0.4, 0.5) is 11.4 Å². The van der Waals surface area contributed by atoms with Crippen molar-refractivity contribution in [1.29, 1.82) is 0 Å². The fraction of sp³-hybridized carbons (Fsp3) is 0.250. The van der Waals surface area contributed by atoms with E-state index >= 15 is 0 Å². The average molecular weight is 504 g/mol. The number of ether oxygens (including phenoxy) is 2. The minimum absolute atomic E-state index is 0.0388. The van der Waals surface area contributed by atoms with Gasteiger partial charge in [0, 0.05) is 12.2 Å². The van der Waals surface area contributed by atoms with Crippen LogP contribution in [-0.4, -0.2) is 42.1 Å². The van der Waals surface area contributed by atoms with Gasteiger partial charge in [0.1, 0.15) is 6.04 Å². The number of aryl methyl sites for hydroxylation is 2. The van der Waals surface area contributed by atoms with E-state index in [1.54, 1.807) is 19.1 Å². The first-order valence-corrected chi connectivity index (χ1v) is 12.0. The molecule has 7 nitrogen and oxygen atoms in total. The molecule has 0 unspecified atom stereocenters. The lowest BCUT2D eigenvalue weighted by molar-refractivity contribution is -0.124. The molecule has 1 N–H and O–H groups in total. The second-order valence-electron chi connectivity index (χ2n) is 8.70. The molecule has 0 bridgehead atoms. The number of thiocarbonyl (C=S) groups is 1. The first-order chi connectivity index (χ1) is 17.3. The molecule has 1 atom stereocenters. The Morgan fingerprint density at radius 2 is 1.69 bits per heavy atom. The van der Waals surface area contributed by atoms with Gasteiger partial charge in [0.25, 0.3) is 5.91 Å². The molecule has 0 radical (unpaired) electrons. The number of anilines is 2. The predicted octanol–water partition coefficient (Wildman–Crippen LogP) is 4.85. The van der Waals surface area contributed by atoms with Gasteiger partial charge in [-0.2, -0.15) is 0 Å². The molecule has 0 aliphatic carbocycles. The van der Waals surface area contributed by atoms with Crippen molar-refractivity contribution < 1.29 is 19.1 Å². The molecule has 8 heteroatoms. The Balaban J connectivity index is 1.62. The number of rotatable bonds is 8. The van der Waals surface area contributed by atoms with Gasteiger partial charge in [-0.3, -0.25) is 14.5 Å². The highest BCUT2D eigenvalue weighted by Gasteiger charge is 2.44. The van der Waals surface area contributed by atoms with Crippen LogP contribution in [0, 0.1) is 13.8 Å². The fourth-order valence-corrected chi connectivity index (χ4v) is 4.72. The molecule has 4 rings (SSSR count). The lowest BCUT2D eigenvalue weighted by Gasteiger charge is -2.24. The third-order valence-corrected chi connectivity index (χ3v) is 6.59. The molecular weight excluding hydrogens is 474 g/mol. The van der Waals surface area contributed by atoms with Crippen molar-refractivity contribution >= 4 is 40.5 Å². The minimum Gasteiger partial charge on any atom is -0.493 e. The van der Waals surface area contributed by atoms with Crippen molar-refractivity contribution in [2.75, 3.05) is 24.4 Å². The first kappa shape index (κ1) is 25.2. The smallest absolute Gasteiger partial charge is 0.256 e. The highest BCUT2D eigenvalue weighted by Crippen LogP contribution is 2.32. The second-order valence-corrected chi connectivity index (χ2v) is 9.06. The zero-order chi connectivity index (χ0) is 25.8. The summed E-state index contributed by atoms with van der Waals surface area (Å²) in [6, 6.07) is 19.9. The number of benzene rings is 3. The zero-order valence-corrected chi connectivity index (χ0v) is 21.6. The Morgan fingerprint density at radius 3 is 2.36 bits per heavy atom. The third-order valence-electron chi connectivity index (χ3n) is 6.17. The molecule has 0 saturated carbocycles. The van der Waals surface area contributed by atoms with E-state index in [1.165, 1.54) is 4.90 Å². The monoisotopic (exact) mass is 503 g/mol. The molecule has 2 amide bonds. The van der Waals surface area contributed by atoms with Crippen molar-refractivity contribution in [1.82, 2.24) is 4.90 Å². The van der Waals surface area contributed by atoms with Crippen molar-refractivity contribution in [2.24, 2.45) is 0 Å². The number of carbonyl (C=O) groups is 2. The van der Waals surface area contributed by atoms with Crippen LogP contribution in [-0.2, 0) is 16.1 Å². The van der Waals surface area contributed by atoms with Gasteiger partial charge in [-0.1, -0.05) is 42.0 Å². The predicted molar refractivity (Wildman–Crippen MR) is 145 cm³/mol. The standard InChI is InChI=1S/C28H29N3O4S/c1-18-10-12-22(19(2)14-18)29-26(32)16-23-27(33)31(21-8-6-5-7-9-21)28(36)30(23)17-20-11-13-24(34-3)25(15-20)35-4/h5-15,23H,16-17H2,1-4H3,(H,29,32)/t23-/m1/s1. The van der Waals surface area contributed by atoms with Crippen LogP contribution in [0.5, 0.6) is 11.5 Å². The molecule has 1 heterocycles. The quantitative estimate of drug-likeness (QED) is 0.443. The molecular formula is C28H29N3O4S. The number of hydrogen-bond donors (Lipinski definition) is 1. The summed E-state index contributed by atoms with van der Waals surface area (Å²) in [7, 11) is 3.15. The van der Waals surface area contributed by atoms with E-state index in [4.69, 9.17) is 21.7 Å². The van der Waals surface area contributed by atoms with Gasteiger partial charge in [-0.05, 0) is 67.5 Å². The van der Waals surface area contributed by atoms with Crippen LogP contribution >= 0.6 is 12.2 Å². The molecule has 1 saturated heterocycles. The van der Waals surface area contributed by atoms with Crippen molar-refractivity contribution in [3.05, 3.63) is 83.4 Å². The van der Waals surface area contributed by atoms with Crippen molar-refractivity contribution in [3.63, 3.8) is 0 Å². The molecule has 0 spiro atoms. The lowest BCUT2D eigenvalue weighted by atomic mass is 10.1. The van der Waals surface area contributed by atoms with Crippen LogP contribution in [0.2, 0.25) is 0 Å². The lowest BCUT2D eigenvalue weighted by Crippen LogP contribution is -2.37.